The lowest BCUT2D eigenvalue weighted by molar-refractivity contribution is 0.174. The molecule has 3 nitrogen and oxygen atoms in total. The first kappa shape index (κ1) is 20.0. The third-order valence-electron chi connectivity index (χ3n) is 5.06. The highest BCUT2D eigenvalue weighted by molar-refractivity contribution is 6.35. The first-order chi connectivity index (χ1) is 14.1. The molecule has 0 aliphatic heterocycles. The molecule has 0 saturated heterocycles. The quantitative estimate of drug-likeness (QED) is 0.392. The van der Waals surface area contributed by atoms with Crippen LogP contribution in [0.5, 0.6) is 0 Å². The summed E-state index contributed by atoms with van der Waals surface area (Å²) in [4.78, 5) is 0. The fraction of sp³-hybridized carbons (Fsp3) is 0.167. The highest BCUT2D eigenvalue weighted by atomic mass is 35.5. The Morgan fingerprint density at radius 1 is 0.897 bits per heavy atom. The molecule has 4 aromatic rings. The maximum Gasteiger partial charge on any atom is 0.0914 e. The van der Waals surface area contributed by atoms with Crippen molar-refractivity contribution in [2.45, 2.75) is 19.2 Å². The van der Waals surface area contributed by atoms with Gasteiger partial charge < -0.3 is 15.0 Å². The smallest absolute Gasteiger partial charge is 0.0914 e. The van der Waals surface area contributed by atoms with Crippen LogP contribution in [0.3, 0.4) is 0 Å². The van der Waals surface area contributed by atoms with Crippen molar-refractivity contribution < 1.29 is 5.11 Å². The van der Waals surface area contributed by atoms with Crippen LogP contribution in [0.25, 0.3) is 10.9 Å². The van der Waals surface area contributed by atoms with Gasteiger partial charge in [-0.05, 0) is 34.9 Å². The molecule has 1 atom stereocenters. The van der Waals surface area contributed by atoms with Gasteiger partial charge in [-0.1, -0.05) is 77.8 Å². The van der Waals surface area contributed by atoms with Crippen molar-refractivity contribution in [2.75, 3.05) is 6.54 Å². The number of aromatic nitrogens is 1. The van der Waals surface area contributed by atoms with Gasteiger partial charge in [-0.25, -0.2) is 0 Å². The number of fused-ring (bicyclic) bond motifs is 1. The van der Waals surface area contributed by atoms with Crippen LogP contribution in [0.1, 0.15) is 22.8 Å². The van der Waals surface area contributed by atoms with Gasteiger partial charge in [-0.2, -0.15) is 0 Å². The van der Waals surface area contributed by atoms with E-state index in [1.165, 1.54) is 10.9 Å². The zero-order chi connectivity index (χ0) is 20.2. The van der Waals surface area contributed by atoms with E-state index in [0.717, 1.165) is 16.6 Å². The molecule has 29 heavy (non-hydrogen) atoms. The molecule has 0 aliphatic rings. The van der Waals surface area contributed by atoms with Crippen molar-refractivity contribution in [3.05, 3.63) is 106 Å². The maximum atomic E-state index is 10.4. The van der Waals surface area contributed by atoms with Gasteiger partial charge in [0.2, 0.25) is 0 Å². The Bertz CT molecular complexity index is 1110. The van der Waals surface area contributed by atoms with Crippen LogP contribution >= 0.6 is 23.2 Å². The van der Waals surface area contributed by atoms with Gasteiger partial charge in [0.1, 0.15) is 0 Å². The van der Waals surface area contributed by atoms with Crippen LogP contribution in [0.4, 0.5) is 0 Å². The molecule has 148 valence electrons. The molecule has 2 N–H and O–H groups in total. The predicted octanol–water partition coefficient (Wildman–Crippen LogP) is 5.82. The van der Waals surface area contributed by atoms with Gasteiger partial charge >= 0.3 is 0 Å². The molecule has 0 aliphatic carbocycles. The molecular weight excluding hydrogens is 403 g/mol. The zero-order valence-electron chi connectivity index (χ0n) is 15.9. The molecule has 3 aromatic carbocycles. The lowest BCUT2D eigenvalue weighted by atomic mass is 10.1. The second-order valence-corrected chi connectivity index (χ2v) is 7.94. The Morgan fingerprint density at radius 3 is 2.45 bits per heavy atom. The molecule has 0 bridgehead atoms. The second-order valence-electron chi connectivity index (χ2n) is 7.09. The molecular formula is C24H22Cl2N2O. The van der Waals surface area contributed by atoms with Crippen molar-refractivity contribution >= 4 is 34.1 Å². The van der Waals surface area contributed by atoms with Crippen molar-refractivity contribution in [3.8, 4) is 0 Å². The SMILES string of the molecule is OC(CNCc1cn(Cc2ccc(Cl)cc2Cl)c2ccccc12)c1ccccc1. The summed E-state index contributed by atoms with van der Waals surface area (Å²) in [7, 11) is 0. The first-order valence-electron chi connectivity index (χ1n) is 9.56. The molecule has 4 rings (SSSR count). The summed E-state index contributed by atoms with van der Waals surface area (Å²) in [5.74, 6) is 0. The Labute approximate surface area is 180 Å². The highest BCUT2D eigenvalue weighted by Crippen LogP contribution is 2.26. The molecule has 0 radical (unpaired) electrons. The summed E-state index contributed by atoms with van der Waals surface area (Å²) in [5.41, 5.74) is 4.28. The monoisotopic (exact) mass is 424 g/mol. The zero-order valence-corrected chi connectivity index (χ0v) is 17.4. The molecule has 1 aromatic heterocycles. The van der Waals surface area contributed by atoms with Crippen LogP contribution in [-0.2, 0) is 13.1 Å². The number of nitrogens with one attached hydrogen (secondary N) is 1. The fourth-order valence-corrected chi connectivity index (χ4v) is 4.03. The number of hydrogen-bond acceptors (Lipinski definition) is 2. The third-order valence-corrected chi connectivity index (χ3v) is 5.65. The van der Waals surface area contributed by atoms with Crippen molar-refractivity contribution in [3.63, 3.8) is 0 Å². The Morgan fingerprint density at radius 2 is 1.66 bits per heavy atom. The van der Waals surface area contributed by atoms with Crippen molar-refractivity contribution in [1.29, 1.82) is 0 Å². The van der Waals surface area contributed by atoms with Crippen LogP contribution < -0.4 is 5.32 Å². The van der Waals surface area contributed by atoms with E-state index >= 15 is 0 Å². The lowest BCUT2D eigenvalue weighted by Gasteiger charge is -2.11. The topological polar surface area (TPSA) is 37.2 Å². The van der Waals surface area contributed by atoms with Crippen molar-refractivity contribution in [2.24, 2.45) is 0 Å². The first-order valence-corrected chi connectivity index (χ1v) is 10.3. The highest BCUT2D eigenvalue weighted by Gasteiger charge is 2.11. The van der Waals surface area contributed by atoms with E-state index in [4.69, 9.17) is 23.2 Å². The number of aliphatic hydroxyl groups is 1. The summed E-state index contributed by atoms with van der Waals surface area (Å²) in [6, 6.07) is 23.6. The van der Waals surface area contributed by atoms with Gasteiger partial charge in [-0.3, -0.25) is 0 Å². The molecule has 0 saturated carbocycles. The van der Waals surface area contributed by atoms with E-state index in [1.807, 2.05) is 54.6 Å². The van der Waals surface area contributed by atoms with Crippen LogP contribution in [0.2, 0.25) is 10.0 Å². The lowest BCUT2D eigenvalue weighted by Crippen LogP contribution is -2.20. The predicted molar refractivity (Wildman–Crippen MR) is 121 cm³/mol. The molecule has 0 amide bonds. The summed E-state index contributed by atoms with van der Waals surface area (Å²) >= 11 is 12.4. The molecule has 1 heterocycles. The van der Waals surface area contributed by atoms with Gasteiger partial charge in [-0.15, -0.1) is 0 Å². The third kappa shape index (κ3) is 4.65. The fourth-order valence-electron chi connectivity index (χ4n) is 3.56. The van der Waals surface area contributed by atoms with Crippen LogP contribution in [0, 0.1) is 0 Å². The number of rotatable bonds is 7. The van der Waals surface area contributed by atoms with E-state index in [2.05, 4.69) is 28.2 Å². The van der Waals surface area contributed by atoms with E-state index in [9.17, 15) is 5.11 Å². The van der Waals surface area contributed by atoms with E-state index < -0.39 is 6.10 Å². The van der Waals surface area contributed by atoms with Gasteiger partial charge in [0.05, 0.1) is 6.10 Å². The number of halogens is 2. The van der Waals surface area contributed by atoms with Gasteiger partial charge in [0.25, 0.3) is 0 Å². The number of para-hydroxylation sites is 1. The average Bonchev–Trinajstić information content (AvgIpc) is 3.08. The Hall–Kier alpha value is -2.30. The summed E-state index contributed by atoms with van der Waals surface area (Å²) in [6.07, 6.45) is 1.62. The summed E-state index contributed by atoms with van der Waals surface area (Å²) < 4.78 is 2.20. The summed E-state index contributed by atoms with van der Waals surface area (Å²) in [6.45, 7) is 1.83. The largest absolute Gasteiger partial charge is 0.387 e. The number of hydrogen-bond donors (Lipinski definition) is 2. The number of benzene rings is 3. The standard InChI is InChI=1S/C24H22Cl2N2O/c25-20-11-10-18(22(26)12-20)15-28-16-19(21-8-4-5-9-23(21)28)13-27-14-24(29)17-6-2-1-3-7-17/h1-12,16,24,27,29H,13-15H2. The van der Waals surface area contributed by atoms with Gasteiger partial charge in [0.15, 0.2) is 0 Å². The minimum atomic E-state index is -0.530. The summed E-state index contributed by atoms with van der Waals surface area (Å²) in [5, 5.41) is 16.3. The average molecular weight is 425 g/mol. The molecule has 0 fully saturated rings. The van der Waals surface area contributed by atoms with E-state index in [1.54, 1.807) is 6.07 Å². The van der Waals surface area contributed by atoms with Crippen LogP contribution in [-0.4, -0.2) is 16.2 Å². The number of aliphatic hydroxyl groups excluding tert-OH is 1. The van der Waals surface area contributed by atoms with Crippen molar-refractivity contribution in [1.82, 2.24) is 9.88 Å². The van der Waals surface area contributed by atoms with Crippen LogP contribution in [0.15, 0.2) is 79.0 Å². The normalized spacial score (nSPS) is 12.4. The van der Waals surface area contributed by atoms with Gasteiger partial charge in [0, 0.05) is 46.8 Å². The Kier molecular flexibility index (Phi) is 6.22. The molecule has 0 spiro atoms. The molecule has 1 unspecified atom stereocenters. The number of nitrogens with zero attached hydrogens (tertiary/aromatic N) is 1. The minimum absolute atomic E-state index is 0.493. The minimum Gasteiger partial charge on any atom is -0.387 e. The second kappa shape index (κ2) is 9.02. The Balaban J connectivity index is 1.51. The van der Waals surface area contributed by atoms with E-state index in [0.29, 0.717) is 29.7 Å². The maximum absolute atomic E-state index is 10.4. The molecule has 5 heteroatoms. The van der Waals surface area contributed by atoms with E-state index in [-0.39, 0.29) is 0 Å².